The molecule has 1 saturated carbocycles. The summed E-state index contributed by atoms with van der Waals surface area (Å²) in [5, 5.41) is 4.61. The Morgan fingerprint density at radius 3 is 2.50 bits per heavy atom. The molecule has 0 radical (unpaired) electrons. The molecule has 2 unspecified atom stereocenters. The highest BCUT2D eigenvalue weighted by Gasteiger charge is 2.33. The first-order valence-corrected chi connectivity index (χ1v) is 4.63. The van der Waals surface area contributed by atoms with E-state index in [9.17, 15) is 8.42 Å². The zero-order valence-electron chi connectivity index (χ0n) is 5.78. The number of hydrogen-bond donors (Lipinski definition) is 1. The van der Waals surface area contributed by atoms with E-state index in [1.807, 2.05) is 0 Å². The number of rotatable bonds is 3. The van der Waals surface area contributed by atoms with Crippen molar-refractivity contribution in [3.63, 3.8) is 0 Å². The smallest absolute Gasteiger partial charge is 0.258 e. The topological polar surface area (TPSA) is 69.4 Å². The second-order valence-electron chi connectivity index (χ2n) is 2.75. The van der Waals surface area contributed by atoms with E-state index < -0.39 is 10.3 Å². The Labute approximate surface area is 60.6 Å². The molecule has 0 aromatic heterocycles. The zero-order chi connectivity index (χ0) is 7.78. The van der Waals surface area contributed by atoms with Crippen LogP contribution in [0, 0.1) is 11.8 Å². The molecule has 1 rings (SSSR count). The first-order valence-electron chi connectivity index (χ1n) is 3.16. The van der Waals surface area contributed by atoms with Crippen molar-refractivity contribution in [1.82, 2.24) is 0 Å². The highest BCUT2D eigenvalue weighted by atomic mass is 32.2. The van der Waals surface area contributed by atoms with E-state index in [0.717, 1.165) is 6.42 Å². The molecule has 5 heteroatoms. The van der Waals surface area contributed by atoms with Crippen molar-refractivity contribution in [3.8, 4) is 0 Å². The lowest BCUT2D eigenvalue weighted by molar-refractivity contribution is 0.296. The van der Waals surface area contributed by atoms with Gasteiger partial charge < -0.3 is 0 Å². The quantitative estimate of drug-likeness (QED) is 0.633. The van der Waals surface area contributed by atoms with Crippen LogP contribution in [0.15, 0.2) is 0 Å². The molecular weight excluding hydrogens is 154 g/mol. The van der Waals surface area contributed by atoms with Crippen molar-refractivity contribution in [2.75, 3.05) is 6.61 Å². The van der Waals surface area contributed by atoms with Gasteiger partial charge in [0.15, 0.2) is 0 Å². The van der Waals surface area contributed by atoms with Crippen LogP contribution in [-0.4, -0.2) is 15.0 Å². The molecule has 1 aliphatic carbocycles. The first kappa shape index (κ1) is 7.97. The molecule has 0 aromatic carbocycles. The molecule has 1 fully saturated rings. The molecule has 0 heterocycles. The van der Waals surface area contributed by atoms with Crippen LogP contribution < -0.4 is 5.14 Å². The Bertz CT molecular complexity index is 211. The SMILES string of the molecule is CC1CC1COS(N)(=O)=O. The lowest BCUT2D eigenvalue weighted by atomic mass is 10.4. The highest BCUT2D eigenvalue weighted by Crippen LogP contribution is 2.37. The minimum absolute atomic E-state index is 0.250. The number of nitrogens with two attached hydrogens (primary N) is 1. The summed E-state index contributed by atoms with van der Waals surface area (Å²) in [7, 11) is -3.70. The van der Waals surface area contributed by atoms with Crippen LogP contribution in [-0.2, 0) is 14.5 Å². The fraction of sp³-hybridized carbons (Fsp3) is 1.00. The Kier molecular flexibility index (Phi) is 1.98. The van der Waals surface area contributed by atoms with Gasteiger partial charge in [-0.15, -0.1) is 0 Å². The highest BCUT2D eigenvalue weighted by molar-refractivity contribution is 7.84. The summed E-state index contributed by atoms with van der Waals surface area (Å²) in [5.41, 5.74) is 0. The van der Waals surface area contributed by atoms with Crippen LogP contribution in [0.2, 0.25) is 0 Å². The Morgan fingerprint density at radius 2 is 2.20 bits per heavy atom. The molecule has 2 N–H and O–H groups in total. The zero-order valence-corrected chi connectivity index (χ0v) is 6.60. The molecule has 60 valence electrons. The summed E-state index contributed by atoms with van der Waals surface area (Å²) >= 11 is 0. The molecular formula is C5H11NO3S. The largest absolute Gasteiger partial charge is 0.333 e. The van der Waals surface area contributed by atoms with Gasteiger partial charge in [0.2, 0.25) is 0 Å². The lowest BCUT2D eigenvalue weighted by Crippen LogP contribution is -2.17. The van der Waals surface area contributed by atoms with E-state index in [-0.39, 0.29) is 6.61 Å². The van der Waals surface area contributed by atoms with Gasteiger partial charge in [-0.25, -0.2) is 5.14 Å². The summed E-state index contributed by atoms with van der Waals surface area (Å²) in [6.45, 7) is 2.30. The van der Waals surface area contributed by atoms with Gasteiger partial charge in [0.1, 0.15) is 0 Å². The van der Waals surface area contributed by atoms with Gasteiger partial charge >= 0.3 is 10.3 Å². The summed E-state index contributed by atoms with van der Waals surface area (Å²) in [4.78, 5) is 0. The predicted octanol–water partition coefficient (Wildman–Crippen LogP) is -0.137. The van der Waals surface area contributed by atoms with Crippen molar-refractivity contribution >= 4 is 10.3 Å². The van der Waals surface area contributed by atoms with Crippen LogP contribution in [0.25, 0.3) is 0 Å². The normalized spacial score (nSPS) is 32.2. The summed E-state index contributed by atoms with van der Waals surface area (Å²) in [6, 6.07) is 0. The van der Waals surface area contributed by atoms with Crippen molar-refractivity contribution in [3.05, 3.63) is 0 Å². The van der Waals surface area contributed by atoms with E-state index in [1.54, 1.807) is 0 Å². The van der Waals surface area contributed by atoms with Gasteiger partial charge in [0.05, 0.1) is 6.61 Å². The average molecular weight is 165 g/mol. The summed E-state index contributed by atoms with van der Waals surface area (Å²) in [6.07, 6.45) is 1.05. The number of hydrogen-bond acceptors (Lipinski definition) is 3. The van der Waals surface area contributed by atoms with Gasteiger partial charge in [0, 0.05) is 0 Å². The minimum atomic E-state index is -3.70. The van der Waals surface area contributed by atoms with Crippen LogP contribution in [0.1, 0.15) is 13.3 Å². The van der Waals surface area contributed by atoms with Gasteiger partial charge in [0.25, 0.3) is 0 Å². The molecule has 0 spiro atoms. The van der Waals surface area contributed by atoms with Gasteiger partial charge in [-0.1, -0.05) is 6.92 Å². The van der Waals surface area contributed by atoms with E-state index in [1.165, 1.54) is 0 Å². The van der Waals surface area contributed by atoms with Crippen LogP contribution in [0.5, 0.6) is 0 Å². The Morgan fingerprint density at radius 1 is 1.70 bits per heavy atom. The molecule has 0 aliphatic heterocycles. The summed E-state index contributed by atoms with van der Waals surface area (Å²) < 4.78 is 24.8. The Balaban J connectivity index is 2.18. The fourth-order valence-corrected chi connectivity index (χ4v) is 1.18. The first-order chi connectivity index (χ1) is 4.49. The van der Waals surface area contributed by atoms with Gasteiger partial charge in [-0.05, 0) is 18.3 Å². The molecule has 0 bridgehead atoms. The van der Waals surface area contributed by atoms with Crippen molar-refractivity contribution < 1.29 is 12.6 Å². The Hall–Kier alpha value is -0.130. The van der Waals surface area contributed by atoms with Gasteiger partial charge in [-0.2, -0.15) is 8.42 Å². The lowest BCUT2D eigenvalue weighted by Gasteiger charge is -1.96. The van der Waals surface area contributed by atoms with E-state index in [2.05, 4.69) is 16.2 Å². The standard InChI is InChI=1S/C5H11NO3S/c1-4-2-5(4)3-9-10(6,7)8/h4-5H,2-3H2,1H3,(H2,6,7,8). The molecule has 0 aromatic rings. The molecule has 0 saturated heterocycles. The average Bonchev–Trinajstić information content (AvgIpc) is 2.40. The van der Waals surface area contributed by atoms with Crippen molar-refractivity contribution in [2.45, 2.75) is 13.3 Å². The maximum absolute atomic E-state index is 10.2. The third kappa shape index (κ3) is 2.64. The van der Waals surface area contributed by atoms with E-state index in [0.29, 0.717) is 11.8 Å². The van der Waals surface area contributed by atoms with Gasteiger partial charge in [-0.3, -0.25) is 4.18 Å². The maximum atomic E-state index is 10.2. The second-order valence-corrected chi connectivity index (χ2v) is 3.97. The van der Waals surface area contributed by atoms with Crippen molar-refractivity contribution in [1.29, 1.82) is 0 Å². The fourth-order valence-electron chi connectivity index (χ4n) is 0.814. The van der Waals surface area contributed by atoms with Crippen LogP contribution >= 0.6 is 0 Å². The predicted molar refractivity (Wildman–Crippen MR) is 36.3 cm³/mol. The second kappa shape index (κ2) is 2.48. The van der Waals surface area contributed by atoms with Crippen LogP contribution in [0.4, 0.5) is 0 Å². The third-order valence-electron chi connectivity index (χ3n) is 1.72. The maximum Gasteiger partial charge on any atom is 0.333 e. The molecule has 2 atom stereocenters. The molecule has 4 nitrogen and oxygen atoms in total. The molecule has 10 heavy (non-hydrogen) atoms. The molecule has 0 amide bonds. The van der Waals surface area contributed by atoms with E-state index >= 15 is 0 Å². The van der Waals surface area contributed by atoms with E-state index in [4.69, 9.17) is 0 Å². The minimum Gasteiger partial charge on any atom is -0.258 e. The van der Waals surface area contributed by atoms with Crippen LogP contribution in [0.3, 0.4) is 0 Å². The monoisotopic (exact) mass is 165 g/mol. The van der Waals surface area contributed by atoms with Crippen molar-refractivity contribution in [2.24, 2.45) is 17.0 Å². The molecule has 1 aliphatic rings. The third-order valence-corrected chi connectivity index (χ3v) is 2.19. The summed E-state index contributed by atoms with van der Waals surface area (Å²) in [5.74, 6) is 1.00.